The summed E-state index contributed by atoms with van der Waals surface area (Å²) in [6.07, 6.45) is 3.61. The summed E-state index contributed by atoms with van der Waals surface area (Å²) in [7, 11) is 0. The molecule has 1 aromatic carbocycles. The zero-order valence-corrected chi connectivity index (χ0v) is 11.6. The fourth-order valence-corrected chi connectivity index (χ4v) is 2.00. The summed E-state index contributed by atoms with van der Waals surface area (Å²) in [5, 5.41) is 2.76. The Morgan fingerprint density at radius 1 is 1.14 bits per heavy atom. The fourth-order valence-electron chi connectivity index (χ4n) is 2.00. The van der Waals surface area contributed by atoms with Crippen molar-refractivity contribution in [2.45, 2.75) is 19.3 Å². The number of hydrogen-bond acceptors (Lipinski definition) is 2. The van der Waals surface area contributed by atoms with Crippen LogP contribution < -0.4 is 10.9 Å². The summed E-state index contributed by atoms with van der Waals surface area (Å²) in [6.45, 7) is 0.520. The molecule has 0 saturated heterocycles. The number of carbonyl (C=O) groups excluding carboxylic acids is 1. The molecule has 0 bridgehead atoms. The third-order valence-corrected chi connectivity index (χ3v) is 3.16. The van der Waals surface area contributed by atoms with Gasteiger partial charge >= 0.3 is 0 Å². The summed E-state index contributed by atoms with van der Waals surface area (Å²) < 4.78 is 13.4. The lowest BCUT2D eigenvalue weighted by Crippen LogP contribution is -2.25. The largest absolute Gasteiger partial charge is 0.352 e. The Labute approximate surface area is 122 Å². The van der Waals surface area contributed by atoms with E-state index in [1.165, 1.54) is 24.4 Å². The number of unbranched alkanes of at least 4 members (excludes halogenated alkanes) is 1. The molecule has 0 radical (unpaired) electrons. The van der Waals surface area contributed by atoms with Gasteiger partial charge in [0.1, 0.15) is 5.82 Å². The van der Waals surface area contributed by atoms with Crippen molar-refractivity contribution in [1.29, 1.82) is 0 Å². The van der Waals surface area contributed by atoms with E-state index in [0.717, 1.165) is 12.8 Å². The molecule has 2 N–H and O–H groups in total. The second-order valence-corrected chi connectivity index (χ2v) is 4.75. The first-order valence-electron chi connectivity index (χ1n) is 6.87. The van der Waals surface area contributed by atoms with Gasteiger partial charge in [-0.25, -0.2) is 4.39 Å². The number of halogens is 1. The van der Waals surface area contributed by atoms with Crippen molar-refractivity contribution in [2.75, 3.05) is 6.54 Å². The summed E-state index contributed by atoms with van der Waals surface area (Å²) >= 11 is 0. The average Bonchev–Trinajstić information content (AvgIpc) is 2.49. The molecule has 4 nitrogen and oxygen atoms in total. The van der Waals surface area contributed by atoms with Gasteiger partial charge in [-0.15, -0.1) is 0 Å². The molecule has 5 heteroatoms. The van der Waals surface area contributed by atoms with E-state index in [4.69, 9.17) is 0 Å². The van der Waals surface area contributed by atoms with Crippen molar-refractivity contribution < 1.29 is 9.18 Å². The van der Waals surface area contributed by atoms with E-state index in [1.54, 1.807) is 12.1 Å². The van der Waals surface area contributed by atoms with Crippen LogP contribution in [0.3, 0.4) is 0 Å². The summed E-state index contributed by atoms with van der Waals surface area (Å²) in [4.78, 5) is 25.1. The molecule has 0 aliphatic carbocycles. The normalized spacial score (nSPS) is 10.3. The van der Waals surface area contributed by atoms with Crippen LogP contribution in [0.15, 0.2) is 47.4 Å². The molecule has 0 fully saturated rings. The predicted octanol–water partition coefficient (Wildman–Crippen LogP) is 2.27. The molecule has 0 saturated carbocycles. The SMILES string of the molecule is O=C(NCCCCc1ccccc1F)c1ccc(=O)[nH]c1. The van der Waals surface area contributed by atoms with E-state index >= 15 is 0 Å². The molecule has 0 aliphatic heterocycles. The number of aryl methyl sites for hydroxylation is 1. The average molecular weight is 288 g/mol. The number of benzene rings is 1. The highest BCUT2D eigenvalue weighted by Crippen LogP contribution is 2.09. The van der Waals surface area contributed by atoms with Gasteiger partial charge < -0.3 is 10.3 Å². The monoisotopic (exact) mass is 288 g/mol. The Morgan fingerprint density at radius 2 is 1.95 bits per heavy atom. The lowest BCUT2D eigenvalue weighted by atomic mass is 10.1. The number of carbonyl (C=O) groups is 1. The minimum Gasteiger partial charge on any atom is -0.352 e. The van der Waals surface area contributed by atoms with E-state index in [-0.39, 0.29) is 17.3 Å². The number of H-pyrrole nitrogens is 1. The minimum atomic E-state index is -0.239. The van der Waals surface area contributed by atoms with E-state index in [2.05, 4.69) is 10.3 Å². The Hall–Kier alpha value is -2.43. The van der Waals surface area contributed by atoms with Crippen LogP contribution in [-0.4, -0.2) is 17.4 Å². The molecule has 1 aromatic heterocycles. The van der Waals surface area contributed by atoms with Crippen LogP contribution in [0.1, 0.15) is 28.8 Å². The first-order valence-corrected chi connectivity index (χ1v) is 6.87. The Kier molecular flexibility index (Phi) is 5.26. The standard InChI is InChI=1S/C16H17FN2O2/c17-14-7-2-1-5-12(14)6-3-4-10-18-16(21)13-8-9-15(20)19-11-13/h1-2,5,7-9,11H,3-4,6,10H2,(H,18,21)(H,19,20). The highest BCUT2D eigenvalue weighted by Gasteiger charge is 2.04. The van der Waals surface area contributed by atoms with Gasteiger partial charge in [0, 0.05) is 18.8 Å². The van der Waals surface area contributed by atoms with E-state index < -0.39 is 0 Å². The molecule has 1 amide bonds. The number of aromatic nitrogens is 1. The van der Waals surface area contributed by atoms with Crippen LogP contribution in [-0.2, 0) is 6.42 Å². The molecule has 0 atom stereocenters. The van der Waals surface area contributed by atoms with Crippen molar-refractivity contribution in [2.24, 2.45) is 0 Å². The van der Waals surface area contributed by atoms with Gasteiger partial charge in [0.15, 0.2) is 0 Å². The number of nitrogens with one attached hydrogen (secondary N) is 2. The van der Waals surface area contributed by atoms with Crippen LogP contribution in [0, 0.1) is 5.82 Å². The topological polar surface area (TPSA) is 62.0 Å². The highest BCUT2D eigenvalue weighted by molar-refractivity contribution is 5.93. The molecule has 1 heterocycles. The molecular formula is C16H17FN2O2. The Bertz CT molecular complexity index is 647. The van der Waals surface area contributed by atoms with Crippen LogP contribution in [0.2, 0.25) is 0 Å². The van der Waals surface area contributed by atoms with Crippen molar-refractivity contribution in [1.82, 2.24) is 10.3 Å². The second kappa shape index (κ2) is 7.38. The molecule has 2 aromatic rings. The van der Waals surface area contributed by atoms with Gasteiger partial charge in [0.25, 0.3) is 5.91 Å². The number of pyridine rings is 1. The summed E-state index contributed by atoms with van der Waals surface area (Å²) in [5.74, 6) is -0.410. The number of amides is 1. The second-order valence-electron chi connectivity index (χ2n) is 4.75. The van der Waals surface area contributed by atoms with Crippen molar-refractivity contribution >= 4 is 5.91 Å². The Morgan fingerprint density at radius 3 is 2.67 bits per heavy atom. The minimum absolute atomic E-state index is 0.185. The van der Waals surface area contributed by atoms with E-state index in [9.17, 15) is 14.0 Å². The van der Waals surface area contributed by atoms with Gasteiger partial charge in [-0.05, 0) is 37.0 Å². The smallest absolute Gasteiger partial charge is 0.252 e. The Balaban J connectivity index is 1.70. The molecule has 0 aliphatic rings. The third kappa shape index (κ3) is 4.56. The third-order valence-electron chi connectivity index (χ3n) is 3.16. The van der Waals surface area contributed by atoms with Gasteiger partial charge in [-0.2, -0.15) is 0 Å². The summed E-state index contributed by atoms with van der Waals surface area (Å²) in [6, 6.07) is 9.50. The van der Waals surface area contributed by atoms with Crippen molar-refractivity contribution in [3.05, 3.63) is 69.9 Å². The molecular weight excluding hydrogens is 271 g/mol. The lowest BCUT2D eigenvalue weighted by Gasteiger charge is -2.05. The van der Waals surface area contributed by atoms with Gasteiger partial charge in [-0.1, -0.05) is 18.2 Å². The number of rotatable bonds is 6. The van der Waals surface area contributed by atoms with Crippen LogP contribution >= 0.6 is 0 Å². The van der Waals surface area contributed by atoms with Crippen LogP contribution in [0.4, 0.5) is 4.39 Å². The first kappa shape index (κ1) is 15.0. The number of aromatic amines is 1. The van der Waals surface area contributed by atoms with E-state index in [0.29, 0.717) is 24.1 Å². The quantitative estimate of drug-likeness (QED) is 0.801. The fraction of sp³-hybridized carbons (Fsp3) is 0.250. The zero-order chi connectivity index (χ0) is 15.1. The van der Waals surface area contributed by atoms with Crippen molar-refractivity contribution in [3.8, 4) is 0 Å². The van der Waals surface area contributed by atoms with E-state index in [1.807, 2.05) is 6.07 Å². The van der Waals surface area contributed by atoms with Crippen molar-refractivity contribution in [3.63, 3.8) is 0 Å². The lowest BCUT2D eigenvalue weighted by molar-refractivity contribution is 0.0952. The molecule has 2 rings (SSSR count). The zero-order valence-electron chi connectivity index (χ0n) is 11.6. The van der Waals surface area contributed by atoms with Gasteiger partial charge in [0.05, 0.1) is 5.56 Å². The van der Waals surface area contributed by atoms with Crippen LogP contribution in [0.5, 0.6) is 0 Å². The predicted molar refractivity (Wildman–Crippen MR) is 78.7 cm³/mol. The number of hydrogen-bond donors (Lipinski definition) is 2. The van der Waals surface area contributed by atoms with Gasteiger partial charge in [0.2, 0.25) is 5.56 Å². The molecule has 0 spiro atoms. The maximum absolute atomic E-state index is 13.4. The maximum Gasteiger partial charge on any atom is 0.252 e. The van der Waals surface area contributed by atoms with Crippen LogP contribution in [0.25, 0.3) is 0 Å². The highest BCUT2D eigenvalue weighted by atomic mass is 19.1. The molecule has 110 valence electrons. The molecule has 21 heavy (non-hydrogen) atoms. The van der Waals surface area contributed by atoms with Gasteiger partial charge in [-0.3, -0.25) is 9.59 Å². The maximum atomic E-state index is 13.4. The molecule has 0 unspecified atom stereocenters. The first-order chi connectivity index (χ1) is 10.2. The summed E-state index contributed by atoms with van der Waals surface area (Å²) in [5.41, 5.74) is 0.879.